The number of aryl methyl sites for hydroxylation is 1. The molecule has 6 nitrogen and oxygen atoms in total. The summed E-state index contributed by atoms with van der Waals surface area (Å²) in [5.41, 5.74) is 2.32. The highest BCUT2D eigenvalue weighted by molar-refractivity contribution is 6.02. The number of para-hydroxylation sites is 1. The van der Waals surface area contributed by atoms with Crippen molar-refractivity contribution >= 4 is 23.4 Å². The second kappa shape index (κ2) is 7.48. The third kappa shape index (κ3) is 4.05. The molecule has 1 amide bonds. The van der Waals surface area contributed by atoms with Crippen molar-refractivity contribution in [1.29, 1.82) is 0 Å². The standard InChI is InChI=1S/C20H16N2O4/c1-14-5-2-3-8-18(14)21-20(23)12-10-17-9-11-19(26-17)15-6-4-7-16(13-15)22(24)25/h2-13H,1H3,(H,21,23)/b12-10+. The van der Waals surface area contributed by atoms with Crippen molar-refractivity contribution in [2.75, 3.05) is 5.32 Å². The molecular weight excluding hydrogens is 332 g/mol. The maximum atomic E-state index is 12.0. The molecule has 0 atom stereocenters. The van der Waals surface area contributed by atoms with Gasteiger partial charge in [0.2, 0.25) is 5.91 Å². The molecule has 3 rings (SSSR count). The maximum Gasteiger partial charge on any atom is 0.270 e. The average molecular weight is 348 g/mol. The zero-order chi connectivity index (χ0) is 18.5. The second-order valence-electron chi connectivity index (χ2n) is 5.65. The highest BCUT2D eigenvalue weighted by Gasteiger charge is 2.09. The predicted molar refractivity (Wildman–Crippen MR) is 99.6 cm³/mol. The Labute approximate surface area is 149 Å². The van der Waals surface area contributed by atoms with Crippen molar-refractivity contribution in [3.05, 3.63) is 88.2 Å². The molecule has 0 radical (unpaired) electrons. The summed E-state index contributed by atoms with van der Waals surface area (Å²) in [6.07, 6.45) is 2.93. The number of nitro benzene ring substituents is 1. The third-order valence-corrected chi connectivity index (χ3v) is 3.77. The Hall–Kier alpha value is -3.67. The molecule has 1 heterocycles. The van der Waals surface area contributed by atoms with E-state index >= 15 is 0 Å². The molecule has 1 N–H and O–H groups in total. The van der Waals surface area contributed by atoms with E-state index < -0.39 is 4.92 Å². The summed E-state index contributed by atoms with van der Waals surface area (Å²) in [5, 5.41) is 13.7. The van der Waals surface area contributed by atoms with Crippen molar-refractivity contribution in [2.45, 2.75) is 6.92 Å². The first kappa shape index (κ1) is 17.2. The number of nitro groups is 1. The Morgan fingerprint density at radius 1 is 1.12 bits per heavy atom. The van der Waals surface area contributed by atoms with Crippen LogP contribution >= 0.6 is 0 Å². The van der Waals surface area contributed by atoms with E-state index in [1.807, 2.05) is 31.2 Å². The molecule has 0 bridgehead atoms. The molecule has 6 heteroatoms. The molecule has 0 aliphatic rings. The molecule has 0 aliphatic heterocycles. The summed E-state index contributed by atoms with van der Waals surface area (Å²) in [5.74, 6) is 0.701. The number of amides is 1. The molecule has 26 heavy (non-hydrogen) atoms. The van der Waals surface area contributed by atoms with Crippen LogP contribution in [0.2, 0.25) is 0 Å². The van der Waals surface area contributed by atoms with Gasteiger partial charge in [0.05, 0.1) is 4.92 Å². The van der Waals surface area contributed by atoms with Gasteiger partial charge >= 0.3 is 0 Å². The van der Waals surface area contributed by atoms with Gasteiger partial charge in [0, 0.05) is 29.5 Å². The number of carbonyl (C=O) groups is 1. The number of furan rings is 1. The summed E-state index contributed by atoms with van der Waals surface area (Å²) in [6.45, 7) is 1.91. The van der Waals surface area contributed by atoms with Crippen molar-refractivity contribution in [3.8, 4) is 11.3 Å². The molecule has 0 saturated heterocycles. The lowest BCUT2D eigenvalue weighted by Gasteiger charge is -2.04. The number of anilines is 1. The number of nitrogens with zero attached hydrogens (tertiary/aromatic N) is 1. The predicted octanol–water partition coefficient (Wildman–Crippen LogP) is 4.82. The largest absolute Gasteiger partial charge is 0.457 e. The number of rotatable bonds is 5. The number of nitrogens with one attached hydrogen (secondary N) is 1. The van der Waals surface area contributed by atoms with E-state index in [1.54, 1.807) is 30.3 Å². The van der Waals surface area contributed by atoms with Crippen molar-refractivity contribution in [1.82, 2.24) is 0 Å². The topological polar surface area (TPSA) is 85.4 Å². The zero-order valence-corrected chi connectivity index (χ0v) is 14.0. The Morgan fingerprint density at radius 2 is 1.92 bits per heavy atom. The highest BCUT2D eigenvalue weighted by atomic mass is 16.6. The van der Waals surface area contributed by atoms with Crippen molar-refractivity contribution in [3.63, 3.8) is 0 Å². The van der Waals surface area contributed by atoms with E-state index in [-0.39, 0.29) is 11.6 Å². The summed E-state index contributed by atoms with van der Waals surface area (Å²) >= 11 is 0. The Morgan fingerprint density at radius 3 is 2.69 bits per heavy atom. The Kier molecular flexibility index (Phi) is 4.94. The van der Waals surface area contributed by atoms with E-state index in [0.29, 0.717) is 17.1 Å². The summed E-state index contributed by atoms with van der Waals surface area (Å²) < 4.78 is 5.64. The molecule has 3 aromatic rings. The van der Waals surface area contributed by atoms with Crippen LogP contribution in [-0.4, -0.2) is 10.8 Å². The van der Waals surface area contributed by atoms with Crippen LogP contribution in [0.1, 0.15) is 11.3 Å². The third-order valence-electron chi connectivity index (χ3n) is 3.77. The van der Waals surface area contributed by atoms with Gasteiger partial charge < -0.3 is 9.73 Å². The number of carbonyl (C=O) groups excluding carboxylic acids is 1. The van der Waals surface area contributed by atoms with Crippen LogP contribution < -0.4 is 5.32 Å². The minimum Gasteiger partial charge on any atom is -0.457 e. The summed E-state index contributed by atoms with van der Waals surface area (Å²) in [7, 11) is 0. The van der Waals surface area contributed by atoms with Crippen LogP contribution in [0.5, 0.6) is 0 Å². The van der Waals surface area contributed by atoms with E-state index in [9.17, 15) is 14.9 Å². The Balaban J connectivity index is 1.71. The van der Waals surface area contributed by atoms with Crippen LogP contribution in [0.4, 0.5) is 11.4 Å². The van der Waals surface area contributed by atoms with Gasteiger partial charge in [-0.2, -0.15) is 0 Å². The molecule has 0 aliphatic carbocycles. The zero-order valence-electron chi connectivity index (χ0n) is 14.0. The lowest BCUT2D eigenvalue weighted by molar-refractivity contribution is -0.384. The first-order valence-electron chi connectivity index (χ1n) is 7.92. The Bertz CT molecular complexity index is 989. The fraction of sp³-hybridized carbons (Fsp3) is 0.0500. The normalized spacial score (nSPS) is 10.8. The molecule has 0 spiro atoms. The second-order valence-corrected chi connectivity index (χ2v) is 5.65. The number of benzene rings is 2. The molecule has 2 aromatic carbocycles. The van der Waals surface area contributed by atoms with E-state index in [2.05, 4.69) is 5.32 Å². The van der Waals surface area contributed by atoms with Crippen LogP contribution in [0.15, 0.2) is 71.2 Å². The van der Waals surface area contributed by atoms with Gasteiger partial charge in [-0.1, -0.05) is 30.3 Å². The van der Waals surface area contributed by atoms with Gasteiger partial charge in [0.25, 0.3) is 5.69 Å². The molecule has 130 valence electrons. The summed E-state index contributed by atoms with van der Waals surface area (Å²) in [6, 6.07) is 17.1. The molecule has 0 fully saturated rings. The smallest absolute Gasteiger partial charge is 0.270 e. The van der Waals surface area contributed by atoms with Gasteiger partial charge in [0.15, 0.2) is 0 Å². The first-order valence-corrected chi connectivity index (χ1v) is 7.92. The van der Waals surface area contributed by atoms with E-state index in [0.717, 1.165) is 11.3 Å². The molecule has 0 unspecified atom stereocenters. The van der Waals surface area contributed by atoms with Gasteiger partial charge in [0.1, 0.15) is 11.5 Å². The fourth-order valence-corrected chi connectivity index (χ4v) is 2.42. The minimum absolute atomic E-state index is 0.00593. The van der Waals surface area contributed by atoms with Crippen molar-refractivity contribution in [2.24, 2.45) is 0 Å². The summed E-state index contributed by atoms with van der Waals surface area (Å²) in [4.78, 5) is 22.4. The van der Waals surface area contributed by atoms with Crippen LogP contribution in [0.3, 0.4) is 0 Å². The SMILES string of the molecule is Cc1ccccc1NC(=O)/C=C/c1ccc(-c2cccc([N+](=O)[O-])c2)o1. The van der Waals surface area contributed by atoms with Crippen LogP contribution in [-0.2, 0) is 4.79 Å². The van der Waals surface area contributed by atoms with Crippen LogP contribution in [0.25, 0.3) is 17.4 Å². The van der Waals surface area contributed by atoms with Crippen molar-refractivity contribution < 1.29 is 14.1 Å². The quantitative estimate of drug-likeness (QED) is 0.407. The lowest BCUT2D eigenvalue weighted by Crippen LogP contribution is -2.08. The van der Waals surface area contributed by atoms with Crippen LogP contribution in [0, 0.1) is 17.0 Å². The minimum atomic E-state index is -0.455. The number of non-ortho nitro benzene ring substituents is 1. The average Bonchev–Trinajstić information content (AvgIpc) is 3.11. The molecular formula is C20H16N2O4. The number of hydrogen-bond acceptors (Lipinski definition) is 4. The van der Waals surface area contributed by atoms with Gasteiger partial charge in [-0.05, 0) is 36.8 Å². The first-order chi connectivity index (χ1) is 12.5. The monoisotopic (exact) mass is 348 g/mol. The lowest BCUT2D eigenvalue weighted by atomic mass is 10.1. The number of hydrogen-bond donors (Lipinski definition) is 1. The van der Waals surface area contributed by atoms with Gasteiger partial charge in [-0.25, -0.2) is 0 Å². The molecule has 1 aromatic heterocycles. The van der Waals surface area contributed by atoms with Gasteiger partial charge in [-0.15, -0.1) is 0 Å². The van der Waals surface area contributed by atoms with Gasteiger partial charge in [-0.3, -0.25) is 14.9 Å². The highest BCUT2D eigenvalue weighted by Crippen LogP contribution is 2.26. The molecule has 0 saturated carbocycles. The van der Waals surface area contributed by atoms with E-state index in [1.165, 1.54) is 18.2 Å². The maximum absolute atomic E-state index is 12.0. The van der Waals surface area contributed by atoms with E-state index in [4.69, 9.17) is 4.42 Å². The fourth-order valence-electron chi connectivity index (χ4n) is 2.42.